The number of aromatic nitrogens is 1. The van der Waals surface area contributed by atoms with Crippen LogP contribution in [-0.4, -0.2) is 31.0 Å². The van der Waals surface area contributed by atoms with Crippen molar-refractivity contribution in [3.63, 3.8) is 0 Å². The van der Waals surface area contributed by atoms with Crippen LogP contribution in [0.4, 0.5) is 8.78 Å². The molecule has 1 aromatic heterocycles. The van der Waals surface area contributed by atoms with Gasteiger partial charge in [0.1, 0.15) is 17.4 Å². The Balaban J connectivity index is 2.67. The van der Waals surface area contributed by atoms with Gasteiger partial charge in [-0.1, -0.05) is 0 Å². The molecule has 0 spiro atoms. The number of ether oxygens (including phenoxy) is 2. The number of carbonyl (C=O) groups excluding carboxylic acids is 2. The largest absolute Gasteiger partial charge is 0.494 e. The molecular formula is C15H11F2NO4. The number of rotatable bonds is 4. The Morgan fingerprint density at radius 3 is 2.45 bits per heavy atom. The molecule has 0 saturated carbocycles. The first-order chi connectivity index (χ1) is 10.5. The first kappa shape index (κ1) is 15.6. The Labute approximate surface area is 124 Å². The molecule has 22 heavy (non-hydrogen) atoms. The van der Waals surface area contributed by atoms with Crippen LogP contribution >= 0.6 is 0 Å². The lowest BCUT2D eigenvalue weighted by atomic mass is 9.98. The van der Waals surface area contributed by atoms with E-state index in [1.165, 1.54) is 13.3 Å². The van der Waals surface area contributed by atoms with E-state index in [-0.39, 0.29) is 16.9 Å². The number of halogens is 2. The summed E-state index contributed by atoms with van der Waals surface area (Å²) >= 11 is 0. The van der Waals surface area contributed by atoms with Crippen LogP contribution in [0.3, 0.4) is 0 Å². The van der Waals surface area contributed by atoms with Gasteiger partial charge in [0.05, 0.1) is 37.1 Å². The monoisotopic (exact) mass is 307 g/mol. The molecule has 1 aromatic carbocycles. The van der Waals surface area contributed by atoms with Gasteiger partial charge in [0.25, 0.3) is 0 Å². The highest BCUT2D eigenvalue weighted by atomic mass is 19.1. The third-order valence-electron chi connectivity index (χ3n) is 2.94. The minimum absolute atomic E-state index is 0.0449. The topological polar surface area (TPSA) is 65.5 Å². The highest BCUT2D eigenvalue weighted by molar-refractivity contribution is 6.16. The minimum atomic E-state index is -0.916. The molecule has 0 aliphatic carbocycles. The Morgan fingerprint density at radius 1 is 1.09 bits per heavy atom. The Kier molecular flexibility index (Phi) is 4.45. The molecular weight excluding hydrogens is 296 g/mol. The number of hydrogen-bond donors (Lipinski definition) is 0. The molecule has 1 heterocycles. The summed E-state index contributed by atoms with van der Waals surface area (Å²) < 4.78 is 36.6. The van der Waals surface area contributed by atoms with Crippen molar-refractivity contribution in [2.75, 3.05) is 14.2 Å². The highest BCUT2D eigenvalue weighted by Gasteiger charge is 2.26. The van der Waals surface area contributed by atoms with Gasteiger partial charge in [0, 0.05) is 6.20 Å². The van der Waals surface area contributed by atoms with Gasteiger partial charge in [0.15, 0.2) is 0 Å². The summed E-state index contributed by atoms with van der Waals surface area (Å²) in [6, 6.07) is 2.46. The van der Waals surface area contributed by atoms with Crippen molar-refractivity contribution in [3.05, 3.63) is 58.9 Å². The van der Waals surface area contributed by atoms with E-state index in [4.69, 9.17) is 4.74 Å². The second-order valence-electron chi connectivity index (χ2n) is 4.21. The number of methoxy groups -OCH3 is 2. The predicted octanol–water partition coefficient (Wildman–Crippen LogP) is 2.39. The van der Waals surface area contributed by atoms with Crippen molar-refractivity contribution in [1.29, 1.82) is 0 Å². The summed E-state index contributed by atoms with van der Waals surface area (Å²) in [5.41, 5.74) is -0.959. The zero-order valence-electron chi connectivity index (χ0n) is 11.7. The maximum atomic E-state index is 13.8. The number of carbonyl (C=O) groups is 2. The van der Waals surface area contributed by atoms with Crippen LogP contribution in [0.25, 0.3) is 0 Å². The van der Waals surface area contributed by atoms with Gasteiger partial charge in [-0.25, -0.2) is 13.6 Å². The van der Waals surface area contributed by atoms with Crippen molar-refractivity contribution in [3.8, 4) is 5.75 Å². The normalized spacial score (nSPS) is 10.2. The molecule has 0 unspecified atom stereocenters. The molecule has 0 amide bonds. The SMILES string of the molecule is COC(=O)c1cncc(OC)c1C(=O)c1cc(F)ccc1F. The van der Waals surface area contributed by atoms with Gasteiger partial charge in [-0.2, -0.15) is 0 Å². The van der Waals surface area contributed by atoms with Crippen molar-refractivity contribution in [1.82, 2.24) is 4.98 Å². The van der Waals surface area contributed by atoms with E-state index in [0.29, 0.717) is 0 Å². The smallest absolute Gasteiger partial charge is 0.340 e. The standard InChI is InChI=1S/C15H11F2NO4/c1-21-12-7-18-6-10(15(20)22-2)13(12)14(19)9-5-8(16)3-4-11(9)17/h3-7H,1-2H3. The zero-order valence-corrected chi connectivity index (χ0v) is 11.7. The highest BCUT2D eigenvalue weighted by Crippen LogP contribution is 2.26. The van der Waals surface area contributed by atoms with Crippen LogP contribution in [-0.2, 0) is 4.74 Å². The van der Waals surface area contributed by atoms with Gasteiger partial charge in [-0.15, -0.1) is 0 Å². The zero-order chi connectivity index (χ0) is 16.3. The molecule has 0 saturated heterocycles. The first-order valence-corrected chi connectivity index (χ1v) is 6.09. The van der Waals surface area contributed by atoms with Crippen molar-refractivity contribution < 1.29 is 27.8 Å². The summed E-state index contributed by atoms with van der Waals surface area (Å²) in [5.74, 6) is -3.49. The van der Waals surface area contributed by atoms with Crippen LogP contribution in [0, 0.1) is 11.6 Å². The summed E-state index contributed by atoms with van der Waals surface area (Å²) in [5, 5.41) is 0. The summed E-state index contributed by atoms with van der Waals surface area (Å²) in [4.78, 5) is 28.0. The van der Waals surface area contributed by atoms with E-state index in [0.717, 1.165) is 31.5 Å². The predicted molar refractivity (Wildman–Crippen MR) is 71.9 cm³/mol. The van der Waals surface area contributed by atoms with Gasteiger partial charge >= 0.3 is 5.97 Å². The Hall–Kier alpha value is -2.83. The summed E-state index contributed by atoms with van der Waals surface area (Å²) in [6.07, 6.45) is 2.29. The van der Waals surface area contributed by atoms with Gasteiger partial charge in [-0.05, 0) is 18.2 Å². The lowest BCUT2D eigenvalue weighted by molar-refractivity contribution is 0.0596. The number of benzene rings is 1. The second kappa shape index (κ2) is 6.30. The number of pyridine rings is 1. The average Bonchev–Trinajstić information content (AvgIpc) is 2.54. The molecule has 7 heteroatoms. The first-order valence-electron chi connectivity index (χ1n) is 6.09. The van der Waals surface area contributed by atoms with E-state index in [9.17, 15) is 18.4 Å². The van der Waals surface area contributed by atoms with Crippen molar-refractivity contribution in [2.24, 2.45) is 0 Å². The lowest BCUT2D eigenvalue weighted by Gasteiger charge is -2.11. The Bertz CT molecular complexity index is 746. The molecule has 0 fully saturated rings. The van der Waals surface area contributed by atoms with Crippen molar-refractivity contribution in [2.45, 2.75) is 0 Å². The van der Waals surface area contributed by atoms with Gasteiger partial charge in [0.2, 0.25) is 5.78 Å². The van der Waals surface area contributed by atoms with Crippen LogP contribution in [0.1, 0.15) is 26.3 Å². The van der Waals surface area contributed by atoms with Gasteiger partial charge < -0.3 is 9.47 Å². The lowest BCUT2D eigenvalue weighted by Crippen LogP contribution is -2.15. The van der Waals surface area contributed by atoms with E-state index in [2.05, 4.69) is 9.72 Å². The molecule has 0 aliphatic heterocycles. The Morgan fingerprint density at radius 2 is 1.82 bits per heavy atom. The van der Waals surface area contributed by atoms with Crippen LogP contribution < -0.4 is 4.74 Å². The van der Waals surface area contributed by atoms with Gasteiger partial charge in [-0.3, -0.25) is 9.78 Å². The summed E-state index contributed by atoms with van der Waals surface area (Å²) in [7, 11) is 2.38. The minimum Gasteiger partial charge on any atom is -0.494 e. The molecule has 0 atom stereocenters. The third kappa shape index (κ3) is 2.78. The maximum Gasteiger partial charge on any atom is 0.340 e. The van der Waals surface area contributed by atoms with Crippen LogP contribution in [0.15, 0.2) is 30.6 Å². The summed E-state index contributed by atoms with van der Waals surface area (Å²) in [6.45, 7) is 0. The second-order valence-corrected chi connectivity index (χ2v) is 4.21. The maximum absolute atomic E-state index is 13.8. The van der Waals surface area contributed by atoms with E-state index in [1.54, 1.807) is 0 Å². The average molecular weight is 307 g/mol. The van der Waals surface area contributed by atoms with Crippen LogP contribution in [0.2, 0.25) is 0 Å². The fourth-order valence-corrected chi connectivity index (χ4v) is 1.90. The molecule has 0 radical (unpaired) electrons. The molecule has 114 valence electrons. The van der Waals surface area contributed by atoms with E-state index < -0.39 is 29.0 Å². The molecule has 5 nitrogen and oxygen atoms in total. The van der Waals surface area contributed by atoms with Crippen LogP contribution in [0.5, 0.6) is 5.75 Å². The fourth-order valence-electron chi connectivity index (χ4n) is 1.90. The molecule has 2 aromatic rings. The molecule has 2 rings (SSSR count). The number of ketones is 1. The fraction of sp³-hybridized carbons (Fsp3) is 0.133. The number of nitrogens with zero attached hydrogens (tertiary/aromatic N) is 1. The van der Waals surface area contributed by atoms with E-state index in [1.807, 2.05) is 0 Å². The molecule has 0 bridgehead atoms. The number of hydrogen-bond acceptors (Lipinski definition) is 5. The molecule has 0 N–H and O–H groups in total. The molecule has 0 aliphatic rings. The van der Waals surface area contributed by atoms with E-state index >= 15 is 0 Å². The van der Waals surface area contributed by atoms with Crippen molar-refractivity contribution >= 4 is 11.8 Å². The quantitative estimate of drug-likeness (QED) is 0.641. The third-order valence-corrected chi connectivity index (χ3v) is 2.94. The number of esters is 1.